The minimum absolute atomic E-state index is 0.0250. The van der Waals surface area contributed by atoms with E-state index in [1.54, 1.807) is 6.07 Å². The summed E-state index contributed by atoms with van der Waals surface area (Å²) in [6.45, 7) is 4.73. The summed E-state index contributed by atoms with van der Waals surface area (Å²) in [5.74, 6) is 0.461. The topological polar surface area (TPSA) is 36.2 Å². The molecule has 0 fully saturated rings. The number of hydrogen-bond donors (Lipinski definition) is 0. The summed E-state index contributed by atoms with van der Waals surface area (Å²) in [6, 6.07) is 3.69. The Bertz CT molecular complexity index is 320. The summed E-state index contributed by atoms with van der Waals surface area (Å²) in [5.41, 5.74) is 0.975. The van der Waals surface area contributed by atoms with Gasteiger partial charge in [-0.3, -0.25) is 0 Å². The maximum absolute atomic E-state index is 11.2. The summed E-state index contributed by atoms with van der Waals surface area (Å²) >= 11 is 0. The molecule has 64 valence electrons. The van der Waals surface area contributed by atoms with E-state index in [0.29, 0.717) is 12.5 Å². The third-order valence-corrected chi connectivity index (χ3v) is 2.21. The molecular formula is C9H11NO2. The molecule has 3 heteroatoms. The fraction of sp³-hybridized carbons (Fsp3) is 0.444. The van der Waals surface area contributed by atoms with Crippen LogP contribution in [-0.2, 0) is 5.41 Å². The van der Waals surface area contributed by atoms with Gasteiger partial charge in [-0.25, -0.2) is 0 Å². The van der Waals surface area contributed by atoms with E-state index in [1.807, 2.05) is 6.07 Å². The van der Waals surface area contributed by atoms with Crippen LogP contribution in [0.5, 0.6) is 5.88 Å². The summed E-state index contributed by atoms with van der Waals surface area (Å²) in [4.78, 5) is 0. The van der Waals surface area contributed by atoms with Crippen molar-refractivity contribution < 1.29 is 9.47 Å². The van der Waals surface area contributed by atoms with Crippen LogP contribution in [0.25, 0.3) is 0 Å². The number of ether oxygens (including phenoxy) is 1. The number of pyridine rings is 1. The van der Waals surface area contributed by atoms with E-state index in [9.17, 15) is 5.21 Å². The van der Waals surface area contributed by atoms with Crippen LogP contribution in [0.3, 0.4) is 0 Å². The molecule has 0 radical (unpaired) electrons. The zero-order valence-electron chi connectivity index (χ0n) is 7.20. The first-order valence-corrected chi connectivity index (χ1v) is 3.97. The number of fused-ring (bicyclic) bond motifs is 1. The Hall–Kier alpha value is -1.25. The lowest BCUT2D eigenvalue weighted by Gasteiger charge is -2.12. The summed E-state index contributed by atoms with van der Waals surface area (Å²) < 4.78 is 6.08. The van der Waals surface area contributed by atoms with Crippen molar-refractivity contribution in [3.8, 4) is 5.88 Å². The fourth-order valence-corrected chi connectivity index (χ4v) is 1.46. The Balaban J connectivity index is 2.61. The Labute approximate surface area is 71.2 Å². The Morgan fingerprint density at radius 1 is 1.58 bits per heavy atom. The minimum Gasteiger partial charge on any atom is -0.616 e. The van der Waals surface area contributed by atoms with Crippen molar-refractivity contribution in [2.45, 2.75) is 19.3 Å². The lowest BCUT2D eigenvalue weighted by atomic mass is 9.88. The van der Waals surface area contributed by atoms with Gasteiger partial charge >= 0.3 is 5.88 Å². The molecule has 1 aromatic heterocycles. The minimum atomic E-state index is -0.0250. The van der Waals surface area contributed by atoms with Gasteiger partial charge in [0.2, 0.25) is 0 Å². The highest BCUT2D eigenvalue weighted by Crippen LogP contribution is 2.34. The lowest BCUT2D eigenvalue weighted by molar-refractivity contribution is -0.611. The van der Waals surface area contributed by atoms with Crippen molar-refractivity contribution in [1.29, 1.82) is 0 Å². The molecule has 1 aliphatic rings. The van der Waals surface area contributed by atoms with E-state index in [2.05, 4.69) is 13.8 Å². The first kappa shape index (κ1) is 7.40. The molecule has 0 saturated heterocycles. The molecule has 0 aromatic carbocycles. The maximum atomic E-state index is 11.2. The molecule has 3 nitrogen and oxygen atoms in total. The van der Waals surface area contributed by atoms with Crippen LogP contribution in [0.4, 0.5) is 0 Å². The predicted molar refractivity (Wildman–Crippen MR) is 43.9 cm³/mol. The third kappa shape index (κ3) is 0.858. The molecule has 0 spiro atoms. The van der Waals surface area contributed by atoms with Gasteiger partial charge in [0.15, 0.2) is 6.20 Å². The van der Waals surface area contributed by atoms with Crippen molar-refractivity contribution in [3.63, 3.8) is 0 Å². The van der Waals surface area contributed by atoms with Crippen molar-refractivity contribution in [2.24, 2.45) is 0 Å². The molecule has 0 aliphatic carbocycles. The van der Waals surface area contributed by atoms with Crippen molar-refractivity contribution >= 4 is 0 Å². The molecule has 1 aliphatic heterocycles. The van der Waals surface area contributed by atoms with E-state index in [0.717, 1.165) is 10.3 Å². The number of nitrogens with zero attached hydrogens (tertiary/aromatic N) is 1. The highest BCUT2D eigenvalue weighted by molar-refractivity contribution is 5.33. The zero-order valence-corrected chi connectivity index (χ0v) is 7.20. The van der Waals surface area contributed by atoms with Gasteiger partial charge in [0.1, 0.15) is 6.61 Å². The molecule has 0 amide bonds. The van der Waals surface area contributed by atoms with Crippen molar-refractivity contribution in [2.75, 3.05) is 6.61 Å². The second-order valence-electron chi connectivity index (χ2n) is 3.73. The van der Waals surface area contributed by atoms with E-state index >= 15 is 0 Å². The van der Waals surface area contributed by atoms with Crippen LogP contribution < -0.4 is 9.47 Å². The summed E-state index contributed by atoms with van der Waals surface area (Å²) in [7, 11) is 0. The predicted octanol–water partition coefficient (Wildman–Crippen LogP) is 0.990. The standard InChI is InChI=1S/C9H11NO2/c1-9(2)6-12-8-7(9)4-3-5-10(8)11/h3-5H,6H2,1-2H3. The Morgan fingerprint density at radius 2 is 2.33 bits per heavy atom. The van der Waals surface area contributed by atoms with Gasteiger partial charge in [0.05, 0.1) is 5.56 Å². The Kier molecular flexibility index (Phi) is 1.31. The average molecular weight is 165 g/mol. The third-order valence-electron chi connectivity index (χ3n) is 2.21. The smallest absolute Gasteiger partial charge is 0.383 e. The van der Waals surface area contributed by atoms with Crippen molar-refractivity contribution in [1.82, 2.24) is 0 Å². The second kappa shape index (κ2) is 2.12. The molecule has 12 heavy (non-hydrogen) atoms. The molecule has 2 heterocycles. The number of aromatic nitrogens is 1. The lowest BCUT2D eigenvalue weighted by Crippen LogP contribution is -2.27. The second-order valence-corrected chi connectivity index (χ2v) is 3.73. The first-order chi connectivity index (χ1) is 5.61. The van der Waals surface area contributed by atoms with Crippen LogP contribution in [0.1, 0.15) is 19.4 Å². The molecule has 0 bridgehead atoms. The van der Waals surface area contributed by atoms with Crippen LogP contribution in [0.15, 0.2) is 18.3 Å². The highest BCUT2D eigenvalue weighted by Gasteiger charge is 2.37. The van der Waals surface area contributed by atoms with Gasteiger partial charge in [-0.15, -0.1) is 4.73 Å². The number of hydrogen-bond acceptors (Lipinski definition) is 2. The molecule has 1 aromatic rings. The number of rotatable bonds is 0. The van der Waals surface area contributed by atoms with E-state index < -0.39 is 0 Å². The molecule has 0 atom stereocenters. The SMILES string of the molecule is CC1(C)COc2c1ccc[n+]2[O-]. The van der Waals surface area contributed by atoms with Gasteiger partial charge in [-0.05, 0) is 6.07 Å². The highest BCUT2D eigenvalue weighted by atomic mass is 16.6. The monoisotopic (exact) mass is 165 g/mol. The normalized spacial score (nSPS) is 18.5. The van der Waals surface area contributed by atoms with Gasteiger partial charge in [-0.1, -0.05) is 13.8 Å². The summed E-state index contributed by atoms with van der Waals surface area (Å²) in [6.07, 6.45) is 1.46. The quantitative estimate of drug-likeness (QED) is 0.424. The molecular weight excluding hydrogens is 154 g/mol. The van der Waals surface area contributed by atoms with Crippen LogP contribution in [0, 0.1) is 5.21 Å². The van der Waals surface area contributed by atoms with E-state index in [1.165, 1.54) is 6.20 Å². The van der Waals surface area contributed by atoms with Gasteiger partial charge in [0, 0.05) is 11.5 Å². The van der Waals surface area contributed by atoms with Crippen LogP contribution in [0.2, 0.25) is 0 Å². The fourth-order valence-electron chi connectivity index (χ4n) is 1.46. The van der Waals surface area contributed by atoms with E-state index in [-0.39, 0.29) is 5.41 Å². The van der Waals surface area contributed by atoms with Gasteiger partial charge in [-0.2, -0.15) is 0 Å². The summed E-state index contributed by atoms with van der Waals surface area (Å²) in [5, 5.41) is 11.2. The largest absolute Gasteiger partial charge is 0.616 e. The van der Waals surface area contributed by atoms with E-state index in [4.69, 9.17) is 4.74 Å². The molecule has 2 rings (SSSR count). The molecule has 0 unspecified atom stereocenters. The van der Waals surface area contributed by atoms with Gasteiger partial charge in [0.25, 0.3) is 0 Å². The van der Waals surface area contributed by atoms with Gasteiger partial charge < -0.3 is 9.94 Å². The molecule has 0 saturated carbocycles. The average Bonchev–Trinajstić information content (AvgIpc) is 2.30. The van der Waals surface area contributed by atoms with Crippen LogP contribution in [-0.4, -0.2) is 6.61 Å². The molecule has 0 N–H and O–H groups in total. The first-order valence-electron chi connectivity index (χ1n) is 3.97. The van der Waals surface area contributed by atoms with Crippen molar-refractivity contribution in [3.05, 3.63) is 29.1 Å². The maximum Gasteiger partial charge on any atom is 0.383 e. The van der Waals surface area contributed by atoms with Crippen LogP contribution >= 0.6 is 0 Å². The zero-order chi connectivity index (χ0) is 8.77. The Morgan fingerprint density at radius 3 is 3.00 bits per heavy atom.